The Morgan fingerprint density at radius 2 is 2.41 bits per heavy atom. The van der Waals surface area contributed by atoms with E-state index in [1.807, 2.05) is 12.3 Å². The van der Waals surface area contributed by atoms with Crippen LogP contribution in [-0.2, 0) is 4.74 Å². The van der Waals surface area contributed by atoms with Crippen molar-refractivity contribution in [2.45, 2.75) is 13.0 Å². The molecule has 2 aromatic rings. The maximum Gasteiger partial charge on any atom is 0.414 e. The molecule has 1 unspecified atom stereocenters. The van der Waals surface area contributed by atoms with Gasteiger partial charge in [0.1, 0.15) is 11.9 Å². The molecule has 2 heterocycles. The fourth-order valence-electron chi connectivity index (χ4n) is 2.70. The van der Waals surface area contributed by atoms with Gasteiger partial charge >= 0.3 is 6.09 Å². The predicted molar refractivity (Wildman–Crippen MR) is 103 cm³/mol. The summed E-state index contributed by atoms with van der Waals surface area (Å²) in [5.41, 5.74) is 1.51. The molecule has 1 fully saturated rings. The Labute approximate surface area is 159 Å². The van der Waals surface area contributed by atoms with Crippen LogP contribution in [0.1, 0.15) is 5.69 Å². The van der Waals surface area contributed by atoms with Gasteiger partial charge in [-0.3, -0.25) is 10.3 Å². The molecule has 1 aromatic heterocycles. The molecule has 0 saturated carbocycles. The lowest BCUT2D eigenvalue weighted by Crippen LogP contribution is -2.29. The lowest BCUT2D eigenvalue weighted by Gasteiger charge is -2.21. The highest BCUT2D eigenvalue weighted by molar-refractivity contribution is 7.13. The first-order valence-corrected chi connectivity index (χ1v) is 9.21. The Morgan fingerprint density at radius 1 is 1.59 bits per heavy atom. The van der Waals surface area contributed by atoms with Crippen molar-refractivity contribution in [2.75, 3.05) is 41.4 Å². The third-order valence-electron chi connectivity index (χ3n) is 4.03. The van der Waals surface area contributed by atoms with Crippen molar-refractivity contribution in [1.82, 2.24) is 4.98 Å². The van der Waals surface area contributed by atoms with Crippen LogP contribution in [0.4, 0.5) is 25.7 Å². The van der Waals surface area contributed by atoms with Gasteiger partial charge in [-0.25, -0.2) is 14.2 Å². The molecule has 144 valence electrons. The van der Waals surface area contributed by atoms with Crippen LogP contribution >= 0.6 is 11.3 Å². The molecule has 0 aliphatic carbocycles. The number of carbonyl (C=O) groups is 1. The van der Waals surface area contributed by atoms with E-state index in [9.17, 15) is 9.18 Å². The topological polar surface area (TPSA) is 102 Å². The minimum absolute atomic E-state index is 0.166. The van der Waals surface area contributed by atoms with E-state index in [1.165, 1.54) is 33.3 Å². The molecule has 3 rings (SSSR count). The summed E-state index contributed by atoms with van der Waals surface area (Å²) in [6.45, 7) is 2.65. The highest BCUT2D eigenvalue weighted by Crippen LogP contribution is 2.27. The zero-order valence-corrected chi connectivity index (χ0v) is 15.5. The van der Waals surface area contributed by atoms with E-state index in [4.69, 9.17) is 15.3 Å². The normalized spacial score (nSPS) is 16.3. The average Bonchev–Trinajstić information content (AvgIpc) is 3.24. The Kier molecular flexibility index (Phi) is 5.87. The van der Waals surface area contributed by atoms with E-state index in [0.717, 1.165) is 17.2 Å². The SMILES string of the molecule is Cc1csc(NCCN(C=N)c2ccc(N3CC(CO)OC3=O)cc2F)n1. The monoisotopic (exact) mass is 393 g/mol. The highest BCUT2D eigenvalue weighted by atomic mass is 32.1. The van der Waals surface area contributed by atoms with Gasteiger partial charge in [-0.15, -0.1) is 11.3 Å². The molecule has 1 aliphatic rings. The van der Waals surface area contributed by atoms with E-state index in [1.54, 1.807) is 6.07 Å². The highest BCUT2D eigenvalue weighted by Gasteiger charge is 2.32. The van der Waals surface area contributed by atoms with Gasteiger partial charge in [-0.1, -0.05) is 0 Å². The number of rotatable bonds is 8. The van der Waals surface area contributed by atoms with Crippen LogP contribution in [0.15, 0.2) is 23.6 Å². The van der Waals surface area contributed by atoms with Gasteiger partial charge in [0.2, 0.25) is 0 Å². The number of aliphatic hydroxyl groups is 1. The van der Waals surface area contributed by atoms with Crippen molar-refractivity contribution in [1.29, 1.82) is 5.41 Å². The molecule has 1 aromatic carbocycles. The Balaban J connectivity index is 1.66. The maximum absolute atomic E-state index is 14.6. The van der Waals surface area contributed by atoms with E-state index in [-0.39, 0.29) is 18.8 Å². The third kappa shape index (κ3) is 4.34. The number of cyclic esters (lactones) is 1. The third-order valence-corrected chi connectivity index (χ3v) is 4.95. The van der Waals surface area contributed by atoms with Crippen LogP contribution in [0.2, 0.25) is 0 Å². The summed E-state index contributed by atoms with van der Waals surface area (Å²) in [6, 6.07) is 4.33. The second-order valence-electron chi connectivity index (χ2n) is 5.98. The summed E-state index contributed by atoms with van der Waals surface area (Å²) in [4.78, 5) is 18.8. The number of thiazole rings is 1. The molecule has 0 spiro atoms. The molecular formula is C17H20FN5O3S. The van der Waals surface area contributed by atoms with Crippen LogP contribution in [-0.4, -0.2) is 54.9 Å². The number of nitrogens with one attached hydrogen (secondary N) is 2. The van der Waals surface area contributed by atoms with Gasteiger partial charge in [-0.05, 0) is 25.1 Å². The Bertz CT molecular complexity index is 831. The Hall–Kier alpha value is -2.72. The number of hydrogen-bond acceptors (Lipinski definition) is 7. The van der Waals surface area contributed by atoms with E-state index < -0.39 is 18.0 Å². The molecule has 27 heavy (non-hydrogen) atoms. The van der Waals surface area contributed by atoms with Crippen molar-refractivity contribution in [2.24, 2.45) is 0 Å². The number of benzene rings is 1. The van der Waals surface area contributed by atoms with Gasteiger partial charge in [0, 0.05) is 18.5 Å². The lowest BCUT2D eigenvalue weighted by molar-refractivity contribution is 0.0963. The zero-order valence-electron chi connectivity index (χ0n) is 14.7. The molecular weight excluding hydrogens is 373 g/mol. The number of anilines is 3. The van der Waals surface area contributed by atoms with Crippen molar-refractivity contribution in [3.63, 3.8) is 0 Å². The smallest absolute Gasteiger partial charge is 0.414 e. The molecule has 1 aliphatic heterocycles. The van der Waals surface area contributed by atoms with Crippen molar-refractivity contribution >= 4 is 40.3 Å². The molecule has 0 radical (unpaired) electrons. The average molecular weight is 393 g/mol. The number of aromatic nitrogens is 1. The van der Waals surface area contributed by atoms with Gasteiger partial charge in [0.15, 0.2) is 5.13 Å². The molecule has 1 amide bonds. The Morgan fingerprint density at radius 3 is 3.00 bits per heavy atom. The van der Waals surface area contributed by atoms with Gasteiger partial charge < -0.3 is 20.1 Å². The fourth-order valence-corrected chi connectivity index (χ4v) is 3.41. The van der Waals surface area contributed by atoms with E-state index in [2.05, 4.69) is 10.3 Å². The number of carbonyl (C=O) groups excluding carboxylic acids is 1. The minimum atomic E-state index is -0.618. The zero-order chi connectivity index (χ0) is 19.4. The summed E-state index contributed by atoms with van der Waals surface area (Å²) < 4.78 is 19.6. The number of halogens is 1. The van der Waals surface area contributed by atoms with Gasteiger partial charge in [0.25, 0.3) is 0 Å². The van der Waals surface area contributed by atoms with Crippen molar-refractivity contribution < 1.29 is 19.0 Å². The molecule has 10 heteroatoms. The van der Waals surface area contributed by atoms with Gasteiger partial charge in [-0.2, -0.15) is 0 Å². The van der Waals surface area contributed by atoms with Crippen LogP contribution in [0.3, 0.4) is 0 Å². The summed E-state index contributed by atoms with van der Waals surface area (Å²) in [6.07, 6.45) is -0.175. The first kappa shape index (κ1) is 19.1. The second kappa shape index (κ2) is 8.31. The molecule has 3 N–H and O–H groups in total. The van der Waals surface area contributed by atoms with Crippen LogP contribution in [0.25, 0.3) is 0 Å². The molecule has 1 saturated heterocycles. The van der Waals surface area contributed by atoms with E-state index in [0.29, 0.717) is 18.8 Å². The minimum Gasteiger partial charge on any atom is -0.441 e. The molecule has 0 bridgehead atoms. The van der Waals surface area contributed by atoms with Crippen LogP contribution in [0.5, 0.6) is 0 Å². The number of ether oxygens (including phenoxy) is 1. The summed E-state index contributed by atoms with van der Waals surface area (Å²) in [5.74, 6) is -0.554. The molecule has 8 nitrogen and oxygen atoms in total. The number of aliphatic hydroxyl groups excluding tert-OH is 1. The second-order valence-corrected chi connectivity index (χ2v) is 6.84. The predicted octanol–water partition coefficient (Wildman–Crippen LogP) is 2.43. The van der Waals surface area contributed by atoms with Gasteiger partial charge in [0.05, 0.1) is 36.6 Å². The number of amides is 1. The summed E-state index contributed by atoms with van der Waals surface area (Å²) in [7, 11) is 0. The first-order valence-electron chi connectivity index (χ1n) is 8.33. The maximum atomic E-state index is 14.6. The van der Waals surface area contributed by atoms with Crippen LogP contribution in [0, 0.1) is 18.2 Å². The number of nitrogens with zero attached hydrogens (tertiary/aromatic N) is 3. The van der Waals surface area contributed by atoms with Crippen molar-refractivity contribution in [3.05, 3.63) is 35.1 Å². The number of hydrogen-bond donors (Lipinski definition) is 3. The lowest BCUT2D eigenvalue weighted by atomic mass is 10.2. The van der Waals surface area contributed by atoms with Crippen molar-refractivity contribution in [3.8, 4) is 0 Å². The number of aryl methyl sites for hydroxylation is 1. The largest absolute Gasteiger partial charge is 0.441 e. The summed E-state index contributed by atoms with van der Waals surface area (Å²) >= 11 is 1.49. The van der Waals surface area contributed by atoms with Crippen LogP contribution < -0.4 is 15.1 Å². The fraction of sp³-hybridized carbons (Fsp3) is 0.353. The quantitative estimate of drug-likeness (QED) is 0.470. The standard InChI is InChI=1S/C17H20FN5O3S/c1-11-9-27-16(21-11)20-4-5-22(10-19)15-3-2-12(6-14(15)18)23-7-13(8-24)26-17(23)25/h2-3,6,9-10,13,19,24H,4-5,7-8H2,1H3,(H,20,21). The first-order chi connectivity index (χ1) is 13.0. The molecule has 1 atom stereocenters. The summed E-state index contributed by atoms with van der Waals surface area (Å²) in [5, 5.41) is 22.5. The van der Waals surface area contributed by atoms with E-state index >= 15 is 0 Å².